The molecule has 0 saturated carbocycles. The minimum atomic E-state index is -0.354. The maximum Gasteiger partial charge on any atom is 0.319 e. The van der Waals surface area contributed by atoms with E-state index in [4.69, 9.17) is 0 Å². The van der Waals surface area contributed by atoms with Crippen LogP contribution in [-0.2, 0) is 6.54 Å². The maximum atomic E-state index is 13.4. The van der Waals surface area contributed by atoms with Crippen molar-refractivity contribution < 1.29 is 9.18 Å². The number of amides is 2. The molecule has 2 aromatic rings. The second kappa shape index (κ2) is 7.13. The van der Waals surface area contributed by atoms with Crippen LogP contribution in [-0.4, -0.2) is 12.3 Å². The van der Waals surface area contributed by atoms with Crippen molar-refractivity contribution in [3.8, 4) is 0 Å². The predicted molar refractivity (Wildman–Crippen MR) is 85.2 cm³/mol. The Morgan fingerprint density at radius 2 is 1.90 bits per heavy atom. The molecule has 2 rings (SSSR count). The fourth-order valence-electron chi connectivity index (χ4n) is 1.77. The molecule has 0 saturated heterocycles. The highest BCUT2D eigenvalue weighted by Crippen LogP contribution is 2.15. The van der Waals surface area contributed by atoms with Gasteiger partial charge in [-0.3, -0.25) is 0 Å². The molecule has 2 aromatic carbocycles. The highest BCUT2D eigenvalue weighted by atomic mass is 32.2. The largest absolute Gasteiger partial charge is 0.334 e. The number of halogens is 1. The molecule has 0 atom stereocenters. The molecule has 0 fully saturated rings. The Kier molecular flexibility index (Phi) is 5.22. The van der Waals surface area contributed by atoms with Gasteiger partial charge in [0.05, 0.1) is 0 Å². The molecule has 0 spiro atoms. The van der Waals surface area contributed by atoms with Crippen LogP contribution in [0.4, 0.5) is 14.9 Å². The van der Waals surface area contributed by atoms with Crippen LogP contribution in [0.2, 0.25) is 0 Å². The number of urea groups is 1. The van der Waals surface area contributed by atoms with E-state index in [9.17, 15) is 9.18 Å². The Labute approximate surface area is 127 Å². The fourth-order valence-corrected chi connectivity index (χ4v) is 2.18. The number of thioether (sulfide) groups is 1. The Balaban J connectivity index is 1.87. The summed E-state index contributed by atoms with van der Waals surface area (Å²) in [5.41, 5.74) is 2.00. The Hall–Kier alpha value is -2.01. The second-order valence-corrected chi connectivity index (χ2v) is 5.50. The third-order valence-corrected chi connectivity index (χ3v) is 3.79. The molecular weight excluding hydrogens is 287 g/mol. The first-order chi connectivity index (χ1) is 10.1. The standard InChI is InChI=1S/C16H17FN2OS/c1-11-3-6-13(9-15(11)17)19-16(20)18-10-12-4-7-14(21-2)8-5-12/h3-9H,10H2,1-2H3,(H2,18,19,20). The van der Waals surface area contributed by atoms with E-state index < -0.39 is 0 Å². The van der Waals surface area contributed by atoms with Crippen LogP contribution in [0.25, 0.3) is 0 Å². The number of benzene rings is 2. The third kappa shape index (κ3) is 4.49. The van der Waals surface area contributed by atoms with E-state index in [-0.39, 0.29) is 11.8 Å². The van der Waals surface area contributed by atoms with Gasteiger partial charge in [-0.2, -0.15) is 0 Å². The Morgan fingerprint density at radius 1 is 1.19 bits per heavy atom. The molecule has 5 heteroatoms. The fraction of sp³-hybridized carbons (Fsp3) is 0.188. The summed E-state index contributed by atoms with van der Waals surface area (Å²) in [4.78, 5) is 12.9. The number of hydrogen-bond acceptors (Lipinski definition) is 2. The average molecular weight is 304 g/mol. The smallest absolute Gasteiger partial charge is 0.319 e. The molecule has 0 bridgehead atoms. The van der Waals surface area contributed by atoms with Gasteiger partial charge in [0.1, 0.15) is 5.82 Å². The van der Waals surface area contributed by atoms with Crippen molar-refractivity contribution in [2.75, 3.05) is 11.6 Å². The van der Waals surface area contributed by atoms with Crippen LogP contribution in [0.1, 0.15) is 11.1 Å². The summed E-state index contributed by atoms with van der Waals surface area (Å²) in [6, 6.07) is 12.2. The molecule has 0 aliphatic heterocycles. The Morgan fingerprint density at radius 3 is 2.52 bits per heavy atom. The number of anilines is 1. The summed E-state index contributed by atoms with van der Waals surface area (Å²) >= 11 is 1.67. The SMILES string of the molecule is CSc1ccc(CNC(=O)Nc2ccc(C)c(F)c2)cc1. The number of rotatable bonds is 4. The number of hydrogen-bond donors (Lipinski definition) is 2. The van der Waals surface area contributed by atoms with E-state index in [0.29, 0.717) is 17.8 Å². The van der Waals surface area contributed by atoms with Gasteiger partial charge in [0.25, 0.3) is 0 Å². The van der Waals surface area contributed by atoms with Gasteiger partial charge in [-0.05, 0) is 48.6 Å². The first-order valence-corrected chi connectivity index (χ1v) is 7.75. The highest BCUT2D eigenvalue weighted by Gasteiger charge is 2.04. The summed E-state index contributed by atoms with van der Waals surface area (Å²) < 4.78 is 13.4. The second-order valence-electron chi connectivity index (χ2n) is 4.62. The lowest BCUT2D eigenvalue weighted by Gasteiger charge is -2.09. The van der Waals surface area contributed by atoms with Crippen LogP contribution in [0.5, 0.6) is 0 Å². The zero-order valence-corrected chi connectivity index (χ0v) is 12.8. The lowest BCUT2D eigenvalue weighted by Crippen LogP contribution is -2.28. The zero-order chi connectivity index (χ0) is 15.2. The lowest BCUT2D eigenvalue weighted by molar-refractivity contribution is 0.251. The zero-order valence-electron chi connectivity index (χ0n) is 11.9. The minimum Gasteiger partial charge on any atom is -0.334 e. The van der Waals surface area contributed by atoms with Crippen molar-refractivity contribution in [1.29, 1.82) is 0 Å². The van der Waals surface area contributed by atoms with Gasteiger partial charge in [-0.25, -0.2) is 9.18 Å². The molecule has 0 unspecified atom stereocenters. The lowest BCUT2D eigenvalue weighted by atomic mass is 10.2. The summed E-state index contributed by atoms with van der Waals surface area (Å²) in [5.74, 6) is -0.333. The number of aryl methyl sites for hydroxylation is 1. The van der Waals surface area contributed by atoms with Crippen molar-refractivity contribution in [2.45, 2.75) is 18.4 Å². The quantitative estimate of drug-likeness (QED) is 0.832. The number of carbonyl (C=O) groups excluding carboxylic acids is 1. The van der Waals surface area contributed by atoms with Crippen molar-refractivity contribution in [1.82, 2.24) is 5.32 Å². The van der Waals surface area contributed by atoms with Crippen molar-refractivity contribution in [2.24, 2.45) is 0 Å². The average Bonchev–Trinajstić information content (AvgIpc) is 2.49. The number of carbonyl (C=O) groups is 1. The van der Waals surface area contributed by atoms with Crippen molar-refractivity contribution >= 4 is 23.5 Å². The first-order valence-electron chi connectivity index (χ1n) is 6.52. The van der Waals surface area contributed by atoms with E-state index in [1.165, 1.54) is 11.0 Å². The molecule has 0 aliphatic carbocycles. The van der Waals surface area contributed by atoms with Crippen LogP contribution >= 0.6 is 11.8 Å². The van der Waals surface area contributed by atoms with Crippen LogP contribution < -0.4 is 10.6 Å². The molecular formula is C16H17FN2OS. The van der Waals surface area contributed by atoms with E-state index in [0.717, 1.165) is 5.56 Å². The molecule has 0 aromatic heterocycles. The van der Waals surface area contributed by atoms with E-state index >= 15 is 0 Å². The molecule has 110 valence electrons. The van der Waals surface area contributed by atoms with E-state index in [2.05, 4.69) is 10.6 Å². The van der Waals surface area contributed by atoms with Gasteiger partial charge in [0.15, 0.2) is 0 Å². The molecule has 0 heterocycles. The van der Waals surface area contributed by atoms with Gasteiger partial charge in [-0.15, -0.1) is 11.8 Å². The molecule has 0 aliphatic rings. The van der Waals surface area contributed by atoms with Crippen molar-refractivity contribution in [3.05, 3.63) is 59.4 Å². The van der Waals surface area contributed by atoms with Crippen LogP contribution in [0.3, 0.4) is 0 Å². The third-order valence-electron chi connectivity index (χ3n) is 3.04. The van der Waals surface area contributed by atoms with Crippen molar-refractivity contribution in [3.63, 3.8) is 0 Å². The topological polar surface area (TPSA) is 41.1 Å². The minimum absolute atomic E-state index is 0.333. The summed E-state index contributed by atoms with van der Waals surface area (Å²) in [6.07, 6.45) is 2.02. The molecule has 21 heavy (non-hydrogen) atoms. The van der Waals surface area contributed by atoms with Gasteiger partial charge in [-0.1, -0.05) is 18.2 Å². The summed E-state index contributed by atoms with van der Waals surface area (Å²) in [6.45, 7) is 2.10. The van der Waals surface area contributed by atoms with E-state index in [1.54, 1.807) is 30.8 Å². The van der Waals surface area contributed by atoms with Crippen LogP contribution in [0.15, 0.2) is 47.4 Å². The number of nitrogens with one attached hydrogen (secondary N) is 2. The van der Waals surface area contributed by atoms with E-state index in [1.807, 2.05) is 30.5 Å². The summed E-state index contributed by atoms with van der Waals surface area (Å²) in [7, 11) is 0. The molecule has 2 amide bonds. The molecule has 3 nitrogen and oxygen atoms in total. The van der Waals surface area contributed by atoms with Gasteiger partial charge in [0, 0.05) is 17.1 Å². The normalized spacial score (nSPS) is 10.2. The monoisotopic (exact) mass is 304 g/mol. The van der Waals surface area contributed by atoms with Crippen LogP contribution in [0, 0.1) is 12.7 Å². The molecule has 0 radical (unpaired) electrons. The highest BCUT2D eigenvalue weighted by molar-refractivity contribution is 7.98. The molecule has 2 N–H and O–H groups in total. The van der Waals surface area contributed by atoms with Gasteiger partial charge >= 0.3 is 6.03 Å². The van der Waals surface area contributed by atoms with Gasteiger partial charge < -0.3 is 10.6 Å². The Bertz CT molecular complexity index is 629. The first kappa shape index (κ1) is 15.4. The summed E-state index contributed by atoms with van der Waals surface area (Å²) in [5, 5.41) is 5.35. The van der Waals surface area contributed by atoms with Gasteiger partial charge in [0.2, 0.25) is 0 Å². The predicted octanol–water partition coefficient (Wildman–Crippen LogP) is 4.18. The maximum absolute atomic E-state index is 13.4.